The lowest BCUT2D eigenvalue weighted by Gasteiger charge is -2.24. The molecule has 1 heterocycles. The molecule has 104 valence electrons. The molecule has 0 amide bonds. The number of nitrogens with zero attached hydrogens (tertiary/aromatic N) is 2. The molecular weight excluding hydrogens is 250 g/mol. The first-order valence-electron chi connectivity index (χ1n) is 6.37. The van der Waals surface area contributed by atoms with Gasteiger partial charge in [-0.15, -0.1) is 0 Å². The van der Waals surface area contributed by atoms with Crippen molar-refractivity contribution in [2.24, 2.45) is 12.5 Å². The Kier molecular flexibility index (Phi) is 5.63. The Labute approximate surface area is 114 Å². The number of aliphatic hydroxyl groups excluding tert-OH is 1. The highest BCUT2D eigenvalue weighted by Gasteiger charge is 2.17. The van der Waals surface area contributed by atoms with Crippen molar-refractivity contribution in [3.8, 4) is 0 Å². The molecule has 0 spiro atoms. The zero-order valence-corrected chi connectivity index (χ0v) is 12.5. The third-order valence-electron chi connectivity index (χ3n) is 3.17. The van der Waals surface area contributed by atoms with Crippen molar-refractivity contribution in [1.82, 2.24) is 15.1 Å². The molecule has 0 radical (unpaired) electrons. The van der Waals surface area contributed by atoms with Gasteiger partial charge in [0, 0.05) is 26.7 Å². The van der Waals surface area contributed by atoms with Crippen molar-refractivity contribution in [2.75, 3.05) is 13.2 Å². The van der Waals surface area contributed by atoms with Crippen LogP contribution in [0.25, 0.3) is 0 Å². The monoisotopic (exact) mass is 273 g/mol. The van der Waals surface area contributed by atoms with Gasteiger partial charge in [-0.05, 0) is 25.2 Å². The molecule has 0 unspecified atom stereocenters. The number of aliphatic hydroxyl groups is 1. The van der Waals surface area contributed by atoms with Crippen molar-refractivity contribution < 1.29 is 5.11 Å². The Hall–Kier alpha value is -0.580. The molecule has 0 atom stereocenters. The van der Waals surface area contributed by atoms with Gasteiger partial charge in [0.25, 0.3) is 0 Å². The van der Waals surface area contributed by atoms with Crippen molar-refractivity contribution in [1.29, 1.82) is 0 Å². The largest absolute Gasteiger partial charge is 0.396 e. The van der Waals surface area contributed by atoms with Crippen LogP contribution >= 0.6 is 11.6 Å². The lowest BCUT2D eigenvalue weighted by molar-refractivity contribution is 0.236. The number of hydrogen-bond donors (Lipinski definition) is 2. The molecule has 0 aromatic carbocycles. The van der Waals surface area contributed by atoms with Crippen LogP contribution in [0.15, 0.2) is 0 Å². The summed E-state index contributed by atoms with van der Waals surface area (Å²) in [5, 5.41) is 17.3. The van der Waals surface area contributed by atoms with Crippen LogP contribution in [0.2, 0.25) is 5.02 Å². The summed E-state index contributed by atoms with van der Waals surface area (Å²) in [6, 6.07) is 0. The fraction of sp³-hybridized carbons (Fsp3) is 0.769. The van der Waals surface area contributed by atoms with E-state index in [4.69, 9.17) is 16.7 Å². The van der Waals surface area contributed by atoms with Gasteiger partial charge in [-0.3, -0.25) is 4.68 Å². The van der Waals surface area contributed by atoms with Crippen LogP contribution in [0.1, 0.15) is 38.1 Å². The van der Waals surface area contributed by atoms with E-state index in [9.17, 15) is 0 Å². The molecule has 0 aliphatic heterocycles. The van der Waals surface area contributed by atoms with Gasteiger partial charge in [-0.1, -0.05) is 25.4 Å². The van der Waals surface area contributed by atoms with Crippen LogP contribution in [0, 0.1) is 12.3 Å². The first kappa shape index (κ1) is 15.5. The van der Waals surface area contributed by atoms with Crippen LogP contribution in [0.5, 0.6) is 0 Å². The number of hydrogen-bond acceptors (Lipinski definition) is 3. The minimum Gasteiger partial charge on any atom is -0.396 e. The third kappa shape index (κ3) is 4.26. The Morgan fingerprint density at radius 2 is 2.11 bits per heavy atom. The van der Waals surface area contributed by atoms with E-state index in [1.54, 1.807) is 0 Å². The van der Waals surface area contributed by atoms with E-state index in [-0.39, 0.29) is 12.0 Å². The van der Waals surface area contributed by atoms with Crippen LogP contribution in [-0.2, 0) is 13.6 Å². The average Bonchev–Trinajstić information content (AvgIpc) is 2.53. The van der Waals surface area contributed by atoms with E-state index in [1.165, 1.54) is 0 Å². The highest BCUT2D eigenvalue weighted by Crippen LogP contribution is 2.22. The molecule has 0 aliphatic rings. The predicted octanol–water partition coefficient (Wildman–Crippen LogP) is 2.27. The second-order valence-electron chi connectivity index (χ2n) is 5.56. The second kappa shape index (κ2) is 6.55. The number of halogens is 1. The lowest BCUT2D eigenvalue weighted by Crippen LogP contribution is -2.30. The Morgan fingerprint density at radius 3 is 2.61 bits per heavy atom. The van der Waals surface area contributed by atoms with E-state index in [0.717, 1.165) is 42.3 Å². The number of aryl methyl sites for hydroxylation is 2. The van der Waals surface area contributed by atoms with Gasteiger partial charge in [0.05, 0.1) is 16.4 Å². The van der Waals surface area contributed by atoms with Crippen molar-refractivity contribution in [2.45, 2.75) is 40.2 Å². The molecule has 2 N–H and O–H groups in total. The molecule has 1 aromatic rings. The maximum atomic E-state index is 8.86. The molecule has 4 nitrogen and oxygen atoms in total. The Bertz CT molecular complexity index is 388. The van der Waals surface area contributed by atoms with Gasteiger partial charge in [-0.25, -0.2) is 0 Å². The average molecular weight is 274 g/mol. The third-order valence-corrected chi connectivity index (χ3v) is 3.66. The number of rotatable bonds is 7. The molecule has 0 bridgehead atoms. The SMILES string of the molecule is Cc1nn(C)c(CNCC(C)(C)CCCO)c1Cl. The molecule has 0 saturated heterocycles. The highest BCUT2D eigenvalue weighted by molar-refractivity contribution is 6.31. The van der Waals surface area contributed by atoms with Gasteiger partial charge in [0.2, 0.25) is 0 Å². The van der Waals surface area contributed by atoms with Gasteiger partial charge in [0.15, 0.2) is 0 Å². The standard InChI is InChI=1S/C13H24ClN3O/c1-10-12(14)11(17(4)16-10)8-15-9-13(2,3)6-5-7-18/h15,18H,5-9H2,1-4H3. The summed E-state index contributed by atoms with van der Waals surface area (Å²) in [6.07, 6.45) is 1.86. The first-order valence-corrected chi connectivity index (χ1v) is 6.75. The van der Waals surface area contributed by atoms with E-state index >= 15 is 0 Å². The zero-order valence-electron chi connectivity index (χ0n) is 11.8. The quantitative estimate of drug-likeness (QED) is 0.801. The summed E-state index contributed by atoms with van der Waals surface area (Å²) >= 11 is 6.19. The summed E-state index contributed by atoms with van der Waals surface area (Å²) in [4.78, 5) is 0. The lowest BCUT2D eigenvalue weighted by atomic mass is 9.88. The zero-order chi connectivity index (χ0) is 13.8. The van der Waals surface area contributed by atoms with Crippen LogP contribution in [0.4, 0.5) is 0 Å². The maximum Gasteiger partial charge on any atom is 0.0860 e. The van der Waals surface area contributed by atoms with Gasteiger partial charge in [0.1, 0.15) is 0 Å². The van der Waals surface area contributed by atoms with Crippen molar-refractivity contribution in [3.05, 3.63) is 16.4 Å². The van der Waals surface area contributed by atoms with Gasteiger partial charge < -0.3 is 10.4 Å². The van der Waals surface area contributed by atoms with Crippen molar-refractivity contribution in [3.63, 3.8) is 0 Å². The maximum absolute atomic E-state index is 8.86. The summed E-state index contributed by atoms with van der Waals surface area (Å²) in [5.41, 5.74) is 2.07. The fourth-order valence-corrected chi connectivity index (χ4v) is 2.26. The van der Waals surface area contributed by atoms with E-state index < -0.39 is 0 Å². The first-order chi connectivity index (χ1) is 8.37. The molecular formula is C13H24ClN3O. The van der Waals surface area contributed by atoms with Crippen LogP contribution < -0.4 is 5.32 Å². The summed E-state index contributed by atoms with van der Waals surface area (Å²) in [6.45, 7) is 8.19. The normalized spacial score (nSPS) is 12.1. The van der Waals surface area contributed by atoms with Crippen LogP contribution in [0.3, 0.4) is 0 Å². The summed E-state index contributed by atoms with van der Waals surface area (Å²) in [5.74, 6) is 0. The molecule has 1 aromatic heterocycles. The molecule has 5 heteroatoms. The molecule has 0 aliphatic carbocycles. The number of nitrogens with one attached hydrogen (secondary N) is 1. The topological polar surface area (TPSA) is 50.1 Å². The second-order valence-corrected chi connectivity index (χ2v) is 5.94. The van der Waals surface area contributed by atoms with Gasteiger partial charge >= 0.3 is 0 Å². The highest BCUT2D eigenvalue weighted by atomic mass is 35.5. The number of aromatic nitrogens is 2. The van der Waals surface area contributed by atoms with Gasteiger partial charge in [-0.2, -0.15) is 5.10 Å². The minimum absolute atomic E-state index is 0.183. The molecule has 18 heavy (non-hydrogen) atoms. The molecule has 0 fully saturated rings. The van der Waals surface area contributed by atoms with E-state index in [1.807, 2.05) is 18.7 Å². The molecule has 0 saturated carbocycles. The summed E-state index contributed by atoms with van der Waals surface area (Å²) < 4.78 is 1.82. The summed E-state index contributed by atoms with van der Waals surface area (Å²) in [7, 11) is 1.91. The van der Waals surface area contributed by atoms with E-state index in [0.29, 0.717) is 0 Å². The van der Waals surface area contributed by atoms with E-state index in [2.05, 4.69) is 24.3 Å². The van der Waals surface area contributed by atoms with Crippen molar-refractivity contribution >= 4 is 11.6 Å². The van der Waals surface area contributed by atoms with Crippen LogP contribution in [-0.4, -0.2) is 28.0 Å². The smallest absolute Gasteiger partial charge is 0.0860 e. The predicted molar refractivity (Wildman–Crippen MR) is 74.8 cm³/mol. The Morgan fingerprint density at radius 1 is 1.44 bits per heavy atom. The Balaban J connectivity index is 2.46. The minimum atomic E-state index is 0.183. The molecule has 1 rings (SSSR count). The fourth-order valence-electron chi connectivity index (χ4n) is 2.04.